The lowest BCUT2D eigenvalue weighted by molar-refractivity contribution is -0.120. The highest BCUT2D eigenvalue weighted by Crippen LogP contribution is 2.51. The summed E-state index contributed by atoms with van der Waals surface area (Å²) in [5, 5.41) is 13.2. The number of fused-ring (bicyclic) bond motifs is 1. The number of carbonyl (C=O) groups excluding carboxylic acids is 1. The molecule has 2 aromatic heterocycles. The predicted molar refractivity (Wildman–Crippen MR) is 126 cm³/mol. The molecule has 1 aliphatic heterocycles. The van der Waals surface area contributed by atoms with Crippen LogP contribution in [0.2, 0.25) is 5.15 Å². The highest BCUT2D eigenvalue weighted by Gasteiger charge is 2.56. The number of nitriles is 1. The Morgan fingerprint density at radius 1 is 1.35 bits per heavy atom. The molecule has 10 heteroatoms. The van der Waals surface area contributed by atoms with E-state index in [2.05, 4.69) is 21.4 Å². The smallest absolute Gasteiger partial charge is 0.299 e. The van der Waals surface area contributed by atoms with E-state index in [0.29, 0.717) is 48.5 Å². The van der Waals surface area contributed by atoms with Crippen LogP contribution in [-0.4, -0.2) is 40.7 Å². The van der Waals surface area contributed by atoms with Crippen LogP contribution in [0.25, 0.3) is 11.0 Å². The number of alkyl halides is 1. The topological polar surface area (TPSA) is 104 Å². The molecule has 2 fully saturated rings. The summed E-state index contributed by atoms with van der Waals surface area (Å²) < 4.78 is 19.1. The molecule has 174 valence electrons. The molecule has 8 nitrogen and oxygen atoms in total. The van der Waals surface area contributed by atoms with Crippen LogP contribution in [0, 0.1) is 23.7 Å². The van der Waals surface area contributed by atoms with Gasteiger partial charge in [0.25, 0.3) is 6.47 Å². The van der Waals surface area contributed by atoms with Gasteiger partial charge in [-0.05, 0) is 50.5 Å². The summed E-state index contributed by atoms with van der Waals surface area (Å²) in [7, 11) is 0. The molecule has 1 saturated heterocycles. The third-order valence-corrected chi connectivity index (χ3v) is 6.94. The Balaban J connectivity index is 1.52. The van der Waals surface area contributed by atoms with Crippen LogP contribution in [0.15, 0.2) is 24.3 Å². The minimum absolute atomic E-state index is 0.0667. The molecule has 0 amide bonds. The second kappa shape index (κ2) is 8.37. The van der Waals surface area contributed by atoms with E-state index >= 15 is 0 Å². The van der Waals surface area contributed by atoms with E-state index < -0.39 is 6.17 Å². The first-order valence-corrected chi connectivity index (χ1v) is 11.4. The third-order valence-electron chi connectivity index (χ3n) is 6.73. The average molecular weight is 481 g/mol. The van der Waals surface area contributed by atoms with Crippen LogP contribution in [-0.2, 0) is 4.79 Å². The normalized spacial score (nSPS) is 19.1. The lowest BCUT2D eigenvalue weighted by Crippen LogP contribution is -2.66. The SMILES string of the molecule is Cc1cc([C@@H](C)Nc2ccc(Cl)nc2OC=O)c2nc(N3CC4(CC[C@@H]4F)C3)c(C#N)nc2c1. The Morgan fingerprint density at radius 2 is 2.15 bits per heavy atom. The van der Waals surface area contributed by atoms with Gasteiger partial charge in [-0.3, -0.25) is 4.79 Å². The van der Waals surface area contributed by atoms with Gasteiger partial charge < -0.3 is 15.0 Å². The van der Waals surface area contributed by atoms with Gasteiger partial charge >= 0.3 is 0 Å². The quantitative estimate of drug-likeness (QED) is 0.406. The number of aromatic nitrogens is 3. The van der Waals surface area contributed by atoms with Crippen LogP contribution in [0.1, 0.15) is 42.6 Å². The Hall–Kier alpha value is -3.51. The van der Waals surface area contributed by atoms with Crippen molar-refractivity contribution in [3.63, 3.8) is 0 Å². The summed E-state index contributed by atoms with van der Waals surface area (Å²) in [5.41, 5.74) is 3.48. The maximum absolute atomic E-state index is 14.1. The fraction of sp³-hybridized carbons (Fsp3) is 0.375. The second-order valence-corrected chi connectivity index (χ2v) is 9.41. The van der Waals surface area contributed by atoms with Gasteiger partial charge in [-0.25, -0.2) is 14.4 Å². The fourth-order valence-electron chi connectivity index (χ4n) is 4.80. The molecule has 1 saturated carbocycles. The van der Waals surface area contributed by atoms with Gasteiger partial charge in [0.2, 0.25) is 5.88 Å². The minimum atomic E-state index is -0.791. The summed E-state index contributed by atoms with van der Waals surface area (Å²) in [6, 6.07) is 9.03. The summed E-state index contributed by atoms with van der Waals surface area (Å²) in [6.45, 7) is 5.26. The maximum Gasteiger partial charge on any atom is 0.299 e. The highest BCUT2D eigenvalue weighted by atomic mass is 35.5. The monoisotopic (exact) mass is 480 g/mol. The van der Waals surface area contributed by atoms with E-state index in [1.807, 2.05) is 30.9 Å². The number of rotatable bonds is 6. The van der Waals surface area contributed by atoms with Gasteiger partial charge in [-0.1, -0.05) is 17.7 Å². The molecule has 0 radical (unpaired) electrons. The second-order valence-electron chi connectivity index (χ2n) is 9.02. The zero-order valence-electron chi connectivity index (χ0n) is 18.7. The number of aryl methyl sites for hydroxylation is 1. The third kappa shape index (κ3) is 3.68. The van der Waals surface area contributed by atoms with E-state index in [4.69, 9.17) is 21.3 Å². The number of ether oxygens (including phenoxy) is 1. The summed E-state index contributed by atoms with van der Waals surface area (Å²) in [5.74, 6) is 0.548. The molecule has 3 aromatic rings. The van der Waals surface area contributed by atoms with Crippen LogP contribution in [0.3, 0.4) is 0 Å². The van der Waals surface area contributed by atoms with Crippen molar-refractivity contribution in [1.82, 2.24) is 15.0 Å². The molecule has 2 aliphatic rings. The molecule has 1 spiro atoms. The molecule has 1 aromatic carbocycles. The van der Waals surface area contributed by atoms with Crippen molar-refractivity contribution in [3.05, 3.63) is 46.2 Å². The number of anilines is 2. The molecule has 2 atom stereocenters. The molecule has 0 bridgehead atoms. The van der Waals surface area contributed by atoms with Crippen LogP contribution < -0.4 is 15.0 Å². The first kappa shape index (κ1) is 22.3. The zero-order chi connectivity index (χ0) is 24.0. The lowest BCUT2D eigenvalue weighted by atomic mass is 9.62. The maximum atomic E-state index is 14.1. The van der Waals surface area contributed by atoms with E-state index in [-0.39, 0.29) is 28.2 Å². The molecule has 34 heavy (non-hydrogen) atoms. The molecule has 1 N–H and O–H groups in total. The zero-order valence-corrected chi connectivity index (χ0v) is 19.4. The van der Waals surface area contributed by atoms with Gasteiger partial charge in [-0.15, -0.1) is 0 Å². The molecule has 3 heterocycles. The van der Waals surface area contributed by atoms with Gasteiger partial charge in [0.1, 0.15) is 17.4 Å². The van der Waals surface area contributed by atoms with Crippen molar-refractivity contribution in [2.24, 2.45) is 5.41 Å². The Bertz CT molecular complexity index is 1340. The summed E-state index contributed by atoms with van der Waals surface area (Å²) in [4.78, 5) is 26.3. The fourth-order valence-corrected chi connectivity index (χ4v) is 4.94. The Labute approximate surface area is 200 Å². The van der Waals surface area contributed by atoms with Gasteiger partial charge in [0.05, 0.1) is 22.8 Å². The first-order chi connectivity index (χ1) is 16.3. The summed E-state index contributed by atoms with van der Waals surface area (Å²) in [6.07, 6.45) is 0.671. The number of halogens is 2. The average Bonchev–Trinajstić information content (AvgIpc) is 2.78. The largest absolute Gasteiger partial charge is 0.407 e. The van der Waals surface area contributed by atoms with Gasteiger partial charge in [0, 0.05) is 24.1 Å². The Morgan fingerprint density at radius 3 is 2.79 bits per heavy atom. The lowest BCUT2D eigenvalue weighted by Gasteiger charge is -2.58. The van der Waals surface area contributed by atoms with Crippen molar-refractivity contribution < 1.29 is 13.9 Å². The molecule has 1 aliphatic carbocycles. The van der Waals surface area contributed by atoms with E-state index in [1.54, 1.807) is 12.1 Å². The van der Waals surface area contributed by atoms with Crippen molar-refractivity contribution in [3.8, 4) is 11.9 Å². The van der Waals surface area contributed by atoms with Crippen molar-refractivity contribution in [2.75, 3.05) is 23.3 Å². The number of benzene rings is 1. The molecule has 0 unspecified atom stereocenters. The molecule has 5 rings (SSSR count). The summed E-state index contributed by atoms with van der Waals surface area (Å²) >= 11 is 5.94. The van der Waals surface area contributed by atoms with Gasteiger partial charge in [-0.2, -0.15) is 10.2 Å². The van der Waals surface area contributed by atoms with Crippen molar-refractivity contribution in [2.45, 2.75) is 38.9 Å². The number of nitrogens with zero attached hydrogens (tertiary/aromatic N) is 5. The van der Waals surface area contributed by atoms with Crippen LogP contribution in [0.5, 0.6) is 5.88 Å². The highest BCUT2D eigenvalue weighted by molar-refractivity contribution is 6.29. The molecular formula is C24H22ClFN6O2. The predicted octanol–water partition coefficient (Wildman–Crippen LogP) is 4.50. The number of pyridine rings is 1. The van der Waals surface area contributed by atoms with E-state index in [1.165, 1.54) is 0 Å². The van der Waals surface area contributed by atoms with E-state index in [0.717, 1.165) is 17.5 Å². The Kier molecular flexibility index (Phi) is 5.48. The number of hydrogen-bond donors (Lipinski definition) is 1. The van der Waals surface area contributed by atoms with Crippen LogP contribution in [0.4, 0.5) is 15.9 Å². The van der Waals surface area contributed by atoms with Crippen molar-refractivity contribution in [1.29, 1.82) is 5.26 Å². The first-order valence-electron chi connectivity index (χ1n) is 11.0. The number of hydrogen-bond acceptors (Lipinski definition) is 8. The van der Waals surface area contributed by atoms with E-state index in [9.17, 15) is 14.4 Å². The number of nitrogens with one attached hydrogen (secondary N) is 1. The van der Waals surface area contributed by atoms with Crippen LogP contribution >= 0.6 is 11.6 Å². The standard InChI is InChI=1S/C24H22ClFN6O2/c1-13-7-15(14(2)28-16-3-4-20(25)30-23(16)34-12-33)21-17(8-13)29-18(9-27)22(31-21)32-10-24(11-32)6-5-19(24)26/h3-4,7-8,12,14,19,28H,5-6,10-11H2,1-2H3/t14-,19+/m1/s1. The molecular weight excluding hydrogens is 459 g/mol. The minimum Gasteiger partial charge on any atom is -0.407 e. The van der Waals surface area contributed by atoms with Crippen molar-refractivity contribution >= 4 is 40.6 Å². The number of carbonyl (C=O) groups is 1. The van der Waals surface area contributed by atoms with Gasteiger partial charge in [0.15, 0.2) is 11.5 Å².